The monoisotopic (exact) mass is 438 g/mol. The van der Waals surface area contributed by atoms with E-state index in [0.29, 0.717) is 11.1 Å². The summed E-state index contributed by atoms with van der Waals surface area (Å²) in [5.74, 6) is -1.15. The molecule has 2 aromatic carbocycles. The maximum absolute atomic E-state index is 12.5. The van der Waals surface area contributed by atoms with E-state index in [4.69, 9.17) is 0 Å². The highest BCUT2D eigenvalue weighted by Gasteiger charge is 2.33. The maximum Gasteiger partial charge on any atom is 0.573 e. The summed E-state index contributed by atoms with van der Waals surface area (Å²) < 4.78 is 93.6. The number of halogens is 3. The number of nitrogens with one attached hydrogen (secondary N) is 2. The van der Waals surface area contributed by atoms with Crippen molar-refractivity contribution in [2.24, 2.45) is 0 Å². The molecule has 2 rings (SSSR count). The Hall–Kier alpha value is -2.15. The van der Waals surface area contributed by atoms with Crippen molar-refractivity contribution in [1.82, 2.24) is 9.44 Å². The summed E-state index contributed by atoms with van der Waals surface area (Å²) in [6.45, 7) is -0.254. The highest BCUT2D eigenvalue weighted by Crippen LogP contribution is 2.29. The third kappa shape index (κ3) is 6.48. The standard InChI is InChI=1S/C16H17F3N2O5S2/c1-20-27(22,23)11-13-6-4-5-12(9-13)10-21-28(24,25)15-8-3-2-7-14(15)26-16(17,18)19/h2-9,20-21H,10-11H2,1H3. The molecule has 0 aliphatic carbocycles. The van der Waals surface area contributed by atoms with Crippen molar-refractivity contribution >= 4 is 20.0 Å². The molecule has 0 aliphatic heterocycles. The molecule has 0 amide bonds. The van der Waals surface area contributed by atoms with Crippen LogP contribution in [0.3, 0.4) is 0 Å². The predicted octanol–water partition coefficient (Wildman–Crippen LogP) is 2.11. The van der Waals surface area contributed by atoms with Gasteiger partial charge in [0.15, 0.2) is 0 Å². The van der Waals surface area contributed by atoms with Crippen molar-refractivity contribution in [1.29, 1.82) is 0 Å². The van der Waals surface area contributed by atoms with Crippen molar-refractivity contribution in [3.05, 3.63) is 59.7 Å². The molecule has 0 radical (unpaired) electrons. The van der Waals surface area contributed by atoms with Crippen LogP contribution in [0.2, 0.25) is 0 Å². The van der Waals surface area contributed by atoms with E-state index in [1.54, 1.807) is 18.2 Å². The Kier molecular flexibility index (Phi) is 6.70. The van der Waals surface area contributed by atoms with E-state index >= 15 is 0 Å². The van der Waals surface area contributed by atoms with Gasteiger partial charge in [-0.2, -0.15) is 0 Å². The first-order chi connectivity index (χ1) is 12.9. The fourth-order valence-electron chi connectivity index (χ4n) is 2.26. The van der Waals surface area contributed by atoms with Crippen LogP contribution in [0.1, 0.15) is 11.1 Å². The first-order valence-electron chi connectivity index (χ1n) is 7.75. The van der Waals surface area contributed by atoms with Gasteiger partial charge in [0, 0.05) is 6.54 Å². The number of rotatable bonds is 8. The number of hydrogen-bond acceptors (Lipinski definition) is 5. The number of ether oxygens (including phenoxy) is 1. The van der Waals surface area contributed by atoms with E-state index < -0.39 is 37.1 Å². The summed E-state index contributed by atoms with van der Waals surface area (Å²) in [5, 5.41) is 0. The van der Waals surface area contributed by atoms with Gasteiger partial charge >= 0.3 is 6.36 Å². The minimum atomic E-state index is -5.04. The fraction of sp³-hybridized carbons (Fsp3) is 0.250. The summed E-state index contributed by atoms with van der Waals surface area (Å²) in [5.41, 5.74) is 0.855. The topological polar surface area (TPSA) is 102 Å². The lowest BCUT2D eigenvalue weighted by Gasteiger charge is -2.14. The average molecular weight is 438 g/mol. The number of alkyl halides is 3. The predicted molar refractivity (Wildman–Crippen MR) is 95.3 cm³/mol. The average Bonchev–Trinajstić information content (AvgIpc) is 2.59. The van der Waals surface area contributed by atoms with E-state index in [2.05, 4.69) is 14.2 Å². The zero-order valence-electron chi connectivity index (χ0n) is 14.5. The van der Waals surface area contributed by atoms with Gasteiger partial charge in [-0.25, -0.2) is 26.3 Å². The van der Waals surface area contributed by atoms with Gasteiger partial charge in [0.1, 0.15) is 10.6 Å². The second-order valence-corrected chi connectivity index (χ2v) is 9.26. The van der Waals surface area contributed by atoms with E-state index in [1.165, 1.54) is 25.2 Å². The van der Waals surface area contributed by atoms with Gasteiger partial charge in [0.25, 0.3) is 0 Å². The van der Waals surface area contributed by atoms with Crippen LogP contribution in [0.5, 0.6) is 5.75 Å². The molecular weight excluding hydrogens is 421 g/mol. The summed E-state index contributed by atoms with van der Waals surface area (Å²) in [6, 6.07) is 10.5. The van der Waals surface area contributed by atoms with Crippen molar-refractivity contribution in [2.45, 2.75) is 23.6 Å². The first-order valence-corrected chi connectivity index (χ1v) is 10.9. The lowest BCUT2D eigenvalue weighted by molar-refractivity contribution is -0.275. The maximum atomic E-state index is 12.5. The van der Waals surface area contributed by atoms with Crippen LogP contribution < -0.4 is 14.2 Å². The van der Waals surface area contributed by atoms with Gasteiger partial charge in [0.2, 0.25) is 20.0 Å². The molecule has 0 bridgehead atoms. The Morgan fingerprint density at radius 2 is 1.61 bits per heavy atom. The van der Waals surface area contributed by atoms with E-state index in [1.807, 2.05) is 0 Å². The van der Waals surface area contributed by atoms with Gasteiger partial charge < -0.3 is 4.74 Å². The molecule has 0 aliphatic rings. The Morgan fingerprint density at radius 1 is 0.964 bits per heavy atom. The smallest absolute Gasteiger partial charge is 0.404 e. The van der Waals surface area contributed by atoms with Crippen LogP contribution in [0.25, 0.3) is 0 Å². The van der Waals surface area contributed by atoms with Crippen molar-refractivity contribution in [3.63, 3.8) is 0 Å². The quantitative estimate of drug-likeness (QED) is 0.658. The molecule has 28 heavy (non-hydrogen) atoms. The summed E-state index contributed by atoms with van der Waals surface area (Å²) in [6.07, 6.45) is -5.04. The van der Waals surface area contributed by atoms with Crippen molar-refractivity contribution < 1.29 is 34.7 Å². The molecule has 2 N–H and O–H groups in total. The zero-order chi connectivity index (χ0) is 21.0. The Bertz CT molecular complexity index is 1040. The second-order valence-electron chi connectivity index (χ2n) is 5.60. The second kappa shape index (κ2) is 8.47. The molecular formula is C16H17F3N2O5S2. The highest BCUT2D eigenvalue weighted by molar-refractivity contribution is 7.89. The normalized spacial score (nSPS) is 12.7. The van der Waals surface area contributed by atoms with Crippen LogP contribution >= 0.6 is 0 Å². The van der Waals surface area contributed by atoms with Gasteiger partial charge in [-0.3, -0.25) is 0 Å². The molecule has 0 aromatic heterocycles. The minimum absolute atomic E-state index is 0.254. The zero-order valence-corrected chi connectivity index (χ0v) is 16.2. The number of hydrogen-bond donors (Lipinski definition) is 2. The lowest BCUT2D eigenvalue weighted by atomic mass is 10.1. The van der Waals surface area contributed by atoms with Crippen LogP contribution in [0.15, 0.2) is 53.4 Å². The van der Waals surface area contributed by atoms with Crippen LogP contribution in [-0.2, 0) is 32.3 Å². The van der Waals surface area contributed by atoms with Gasteiger partial charge in [-0.15, -0.1) is 13.2 Å². The number of para-hydroxylation sites is 1. The molecule has 0 atom stereocenters. The molecule has 7 nitrogen and oxygen atoms in total. The largest absolute Gasteiger partial charge is 0.573 e. The number of sulfonamides is 2. The third-order valence-corrected chi connectivity index (χ3v) is 6.27. The molecule has 154 valence electrons. The molecule has 0 saturated carbocycles. The Balaban J connectivity index is 2.19. The molecule has 0 fully saturated rings. The SMILES string of the molecule is CNS(=O)(=O)Cc1cccc(CNS(=O)(=O)c2ccccc2OC(F)(F)F)c1. The van der Waals surface area contributed by atoms with Crippen molar-refractivity contribution in [2.75, 3.05) is 7.05 Å². The van der Waals surface area contributed by atoms with Gasteiger partial charge in [0.05, 0.1) is 5.75 Å². The first kappa shape index (κ1) is 22.1. The fourth-order valence-corrected chi connectivity index (χ4v) is 4.17. The van der Waals surface area contributed by atoms with Crippen LogP contribution in [0, 0.1) is 0 Å². The Morgan fingerprint density at radius 3 is 2.25 bits per heavy atom. The summed E-state index contributed by atoms with van der Waals surface area (Å²) >= 11 is 0. The van der Waals surface area contributed by atoms with Crippen LogP contribution in [-0.4, -0.2) is 30.2 Å². The van der Waals surface area contributed by atoms with E-state index in [9.17, 15) is 30.0 Å². The minimum Gasteiger partial charge on any atom is -0.404 e. The molecule has 0 saturated heterocycles. The molecule has 0 unspecified atom stereocenters. The highest BCUT2D eigenvalue weighted by atomic mass is 32.2. The van der Waals surface area contributed by atoms with Crippen LogP contribution in [0.4, 0.5) is 13.2 Å². The molecule has 0 spiro atoms. The van der Waals surface area contributed by atoms with Gasteiger partial charge in [-0.05, 0) is 30.3 Å². The Labute approximate surface area is 160 Å². The lowest BCUT2D eigenvalue weighted by Crippen LogP contribution is -2.26. The van der Waals surface area contributed by atoms with E-state index in [0.717, 1.165) is 12.1 Å². The summed E-state index contributed by atoms with van der Waals surface area (Å²) in [7, 11) is -6.56. The summed E-state index contributed by atoms with van der Waals surface area (Å²) in [4.78, 5) is -0.666. The van der Waals surface area contributed by atoms with Crippen molar-refractivity contribution in [3.8, 4) is 5.75 Å². The molecule has 12 heteroatoms. The number of benzene rings is 2. The van der Waals surface area contributed by atoms with Gasteiger partial charge in [-0.1, -0.05) is 36.4 Å². The molecule has 2 aromatic rings. The molecule has 0 heterocycles. The third-order valence-electron chi connectivity index (χ3n) is 3.49. The van der Waals surface area contributed by atoms with E-state index in [-0.39, 0.29) is 12.3 Å².